The summed E-state index contributed by atoms with van der Waals surface area (Å²) in [7, 11) is -8.21. The van der Waals surface area contributed by atoms with E-state index in [0.717, 1.165) is 25.7 Å². The third kappa shape index (κ3) is 3.86. The molecule has 8 heteroatoms. The van der Waals surface area contributed by atoms with Crippen molar-refractivity contribution in [1.29, 1.82) is 0 Å². The number of sulfone groups is 2. The van der Waals surface area contributed by atoms with Crippen molar-refractivity contribution in [2.75, 3.05) is 0 Å². The smallest absolute Gasteiger partial charge is 0.359 e. The molecule has 0 N–H and O–H groups in total. The Hall–Kier alpha value is -0.720. The van der Waals surface area contributed by atoms with Crippen molar-refractivity contribution in [2.45, 2.75) is 75.7 Å². The Morgan fingerprint density at radius 1 is 0.739 bits per heavy atom. The van der Waals surface area contributed by atoms with Gasteiger partial charge in [-0.2, -0.15) is 0 Å². The maximum absolute atomic E-state index is 12.7. The molecule has 2 rings (SSSR count). The van der Waals surface area contributed by atoms with Crippen molar-refractivity contribution in [2.24, 2.45) is 11.8 Å². The van der Waals surface area contributed by atoms with Crippen LogP contribution < -0.4 is 0 Å². The molecular weight excluding hydrogens is 336 g/mol. The Bertz CT molecular complexity index is 623. The molecule has 2 saturated carbocycles. The minimum Gasteiger partial charge on any atom is -0.359 e. The molecule has 0 bridgehead atoms. The van der Waals surface area contributed by atoms with Crippen LogP contribution in [0.15, 0.2) is 0 Å². The first-order chi connectivity index (χ1) is 10.7. The normalized spacial score (nSPS) is 33.0. The SMILES string of the molecule is CC1CCC(S(=O)(=O)C(=[N+]=[N-])S(=O)(=O)C2CCC(C)CC2)CC1. The highest BCUT2D eigenvalue weighted by Crippen LogP contribution is 2.33. The van der Waals surface area contributed by atoms with Crippen molar-refractivity contribution < 1.29 is 21.6 Å². The predicted molar refractivity (Wildman–Crippen MR) is 89.3 cm³/mol. The fourth-order valence-electron chi connectivity index (χ4n) is 3.64. The maximum atomic E-state index is 12.7. The number of rotatable bonds is 2. The monoisotopic (exact) mass is 362 g/mol. The van der Waals surface area contributed by atoms with Crippen LogP contribution in [0.3, 0.4) is 0 Å². The van der Waals surface area contributed by atoms with Crippen LogP contribution >= 0.6 is 0 Å². The molecule has 0 unspecified atom stereocenters. The van der Waals surface area contributed by atoms with E-state index in [4.69, 9.17) is 0 Å². The Morgan fingerprint density at radius 2 is 1.04 bits per heavy atom. The summed E-state index contributed by atoms with van der Waals surface area (Å²) in [6, 6.07) is 0. The Kier molecular flexibility index (Phi) is 5.69. The molecule has 0 atom stereocenters. The molecule has 0 saturated heterocycles. The molecule has 2 aliphatic rings. The van der Waals surface area contributed by atoms with E-state index in [2.05, 4.69) is 18.6 Å². The van der Waals surface area contributed by atoms with E-state index >= 15 is 0 Å². The van der Waals surface area contributed by atoms with Crippen LogP contribution in [0, 0.1) is 11.8 Å². The van der Waals surface area contributed by atoms with Gasteiger partial charge in [-0.05, 0) is 63.2 Å². The van der Waals surface area contributed by atoms with E-state index < -0.39 is 34.6 Å². The van der Waals surface area contributed by atoms with Gasteiger partial charge in [0.05, 0.1) is 10.5 Å². The minimum atomic E-state index is -4.11. The van der Waals surface area contributed by atoms with Crippen LogP contribution in [0.25, 0.3) is 5.53 Å². The van der Waals surface area contributed by atoms with E-state index in [1.807, 2.05) is 0 Å². The summed E-state index contributed by atoms with van der Waals surface area (Å²) < 4.78 is 49.8. The van der Waals surface area contributed by atoms with Crippen molar-refractivity contribution in [3.8, 4) is 0 Å². The Balaban J connectivity index is 2.26. The average Bonchev–Trinajstić information content (AvgIpc) is 2.48. The van der Waals surface area contributed by atoms with Gasteiger partial charge in [0, 0.05) is 0 Å². The zero-order valence-corrected chi connectivity index (χ0v) is 15.4. The molecule has 0 aromatic carbocycles. The molecule has 0 aromatic heterocycles. The summed E-state index contributed by atoms with van der Waals surface area (Å²) in [6.07, 6.45) is 4.74. The second-order valence-corrected chi connectivity index (χ2v) is 11.8. The minimum absolute atomic E-state index is 0.430. The summed E-state index contributed by atoms with van der Waals surface area (Å²) in [5.74, 6) is 0.903. The van der Waals surface area contributed by atoms with E-state index in [0.29, 0.717) is 37.5 Å². The highest BCUT2D eigenvalue weighted by molar-refractivity contribution is 8.31. The Labute approximate surface area is 139 Å². The second-order valence-electron chi connectivity index (χ2n) is 7.22. The van der Waals surface area contributed by atoms with Crippen LogP contribution in [0.1, 0.15) is 65.2 Å². The second kappa shape index (κ2) is 7.03. The maximum Gasteiger partial charge on any atom is 0.495 e. The van der Waals surface area contributed by atoms with Crippen LogP contribution in [-0.4, -0.2) is 36.5 Å². The van der Waals surface area contributed by atoms with Crippen LogP contribution in [0.2, 0.25) is 0 Å². The Morgan fingerprint density at radius 3 is 1.30 bits per heavy atom. The molecule has 2 fully saturated rings. The zero-order chi connectivity index (χ0) is 17.3. The standard InChI is InChI=1S/C15H26N2O4S2/c1-11-3-7-13(8-4-11)22(18,19)15(17-16)23(20,21)14-9-5-12(2)6-10-14/h11-14H,3-10H2,1-2H3. The molecule has 0 amide bonds. The zero-order valence-electron chi connectivity index (χ0n) is 13.8. The van der Waals surface area contributed by atoms with Crippen molar-refractivity contribution in [1.82, 2.24) is 0 Å². The average molecular weight is 363 g/mol. The van der Waals surface area contributed by atoms with Gasteiger partial charge in [0.15, 0.2) is 0 Å². The van der Waals surface area contributed by atoms with Gasteiger partial charge in [0.2, 0.25) is 0 Å². The van der Waals surface area contributed by atoms with Gasteiger partial charge >= 0.3 is 4.38 Å². The number of hydrogen-bond donors (Lipinski definition) is 0. The van der Waals surface area contributed by atoms with Crippen LogP contribution in [0.4, 0.5) is 0 Å². The van der Waals surface area contributed by atoms with E-state index in [1.165, 1.54) is 0 Å². The lowest BCUT2D eigenvalue weighted by atomic mass is 9.91. The molecule has 2 aliphatic carbocycles. The first-order valence-corrected chi connectivity index (χ1v) is 11.5. The van der Waals surface area contributed by atoms with E-state index in [9.17, 15) is 22.4 Å². The first-order valence-electron chi connectivity index (χ1n) is 8.39. The highest BCUT2D eigenvalue weighted by atomic mass is 32.3. The number of nitrogens with zero attached hydrogens (tertiary/aromatic N) is 2. The lowest BCUT2D eigenvalue weighted by molar-refractivity contribution is 0.00357. The molecule has 0 spiro atoms. The fourth-order valence-corrected chi connectivity index (χ4v) is 8.34. The fraction of sp³-hybridized carbons (Fsp3) is 0.933. The topological polar surface area (TPSA) is 105 Å². The molecule has 0 heterocycles. The lowest BCUT2D eigenvalue weighted by Crippen LogP contribution is -2.41. The van der Waals surface area contributed by atoms with Crippen LogP contribution in [-0.2, 0) is 19.7 Å². The summed E-state index contributed by atoms with van der Waals surface area (Å²) >= 11 is 0. The van der Waals surface area contributed by atoms with E-state index in [1.54, 1.807) is 0 Å². The molecule has 23 heavy (non-hydrogen) atoms. The predicted octanol–water partition coefficient (Wildman–Crippen LogP) is 2.56. The quantitative estimate of drug-likeness (QED) is 0.326. The summed E-state index contributed by atoms with van der Waals surface area (Å²) in [4.78, 5) is 2.76. The molecule has 132 valence electrons. The summed E-state index contributed by atoms with van der Waals surface area (Å²) in [6.45, 7) is 4.12. The van der Waals surface area contributed by atoms with Gasteiger partial charge in [0.25, 0.3) is 19.7 Å². The third-order valence-corrected chi connectivity index (χ3v) is 10.6. The first kappa shape index (κ1) is 18.6. The van der Waals surface area contributed by atoms with Crippen molar-refractivity contribution >= 4 is 24.1 Å². The molecule has 0 radical (unpaired) electrons. The van der Waals surface area contributed by atoms with Gasteiger partial charge in [-0.1, -0.05) is 13.8 Å². The highest BCUT2D eigenvalue weighted by Gasteiger charge is 2.50. The van der Waals surface area contributed by atoms with Gasteiger partial charge < -0.3 is 5.53 Å². The largest absolute Gasteiger partial charge is 0.495 e. The molecule has 0 aliphatic heterocycles. The van der Waals surface area contributed by atoms with Gasteiger partial charge in [0.1, 0.15) is 0 Å². The molecular formula is C15H26N2O4S2. The summed E-state index contributed by atoms with van der Waals surface area (Å²) in [5, 5.41) is -1.50. The number of hydrogen-bond acceptors (Lipinski definition) is 4. The third-order valence-electron chi connectivity index (χ3n) is 5.37. The van der Waals surface area contributed by atoms with E-state index in [-0.39, 0.29) is 0 Å². The summed E-state index contributed by atoms with van der Waals surface area (Å²) in [5.41, 5.74) is 9.19. The molecule has 0 aromatic rings. The van der Waals surface area contributed by atoms with Gasteiger partial charge in [-0.3, -0.25) is 0 Å². The van der Waals surface area contributed by atoms with Gasteiger partial charge in [-0.15, -0.1) is 4.79 Å². The van der Waals surface area contributed by atoms with Gasteiger partial charge in [-0.25, -0.2) is 16.8 Å². The van der Waals surface area contributed by atoms with Crippen LogP contribution in [0.5, 0.6) is 0 Å². The van der Waals surface area contributed by atoms with Crippen molar-refractivity contribution in [3.05, 3.63) is 5.53 Å². The molecule has 6 nitrogen and oxygen atoms in total. The lowest BCUT2D eigenvalue weighted by Gasteiger charge is -2.26. The van der Waals surface area contributed by atoms with Crippen molar-refractivity contribution in [3.63, 3.8) is 0 Å².